The molecule has 0 spiro atoms. The molecule has 2 rings (SSSR count). The molecule has 6 heteroatoms. The first-order chi connectivity index (χ1) is 9.37. The average molecular weight is 280 g/mol. The van der Waals surface area contributed by atoms with Crippen molar-refractivity contribution in [2.75, 3.05) is 6.54 Å². The minimum atomic E-state index is -1.12. The minimum Gasteiger partial charge on any atom is -0.383 e. The molecule has 0 saturated heterocycles. The predicted molar refractivity (Wildman–Crippen MR) is 76.1 cm³/mol. The third-order valence-electron chi connectivity index (χ3n) is 3.68. The number of aromatic nitrogens is 2. The fraction of sp³-hybridized carbons (Fsp3) is 0.714. The molecule has 2 atom stereocenters. The zero-order chi connectivity index (χ0) is 14.8. The van der Waals surface area contributed by atoms with Crippen molar-refractivity contribution >= 4 is 6.03 Å². The highest BCUT2D eigenvalue weighted by Crippen LogP contribution is 2.33. The van der Waals surface area contributed by atoms with E-state index in [1.807, 2.05) is 6.92 Å². The van der Waals surface area contributed by atoms with E-state index in [1.54, 1.807) is 31.0 Å². The van der Waals surface area contributed by atoms with E-state index >= 15 is 0 Å². The highest BCUT2D eigenvalue weighted by molar-refractivity contribution is 5.74. The van der Waals surface area contributed by atoms with Crippen LogP contribution in [-0.4, -0.2) is 33.5 Å². The Morgan fingerprint density at radius 3 is 2.90 bits per heavy atom. The maximum absolute atomic E-state index is 11.8. The largest absolute Gasteiger partial charge is 0.383 e. The second-order valence-corrected chi connectivity index (χ2v) is 6.08. The van der Waals surface area contributed by atoms with Gasteiger partial charge in [-0.05, 0) is 26.2 Å². The predicted octanol–water partition coefficient (Wildman–Crippen LogP) is 1.12. The summed E-state index contributed by atoms with van der Waals surface area (Å²) in [4.78, 5) is 11.8. The third kappa shape index (κ3) is 4.23. The lowest BCUT2D eigenvalue weighted by Gasteiger charge is -2.23. The standard InChI is InChI=1S/C14H24N4O2/c1-10(6-11-4-5-11)17-13(19)15-9-14(2,20)12-7-16-18(3)8-12/h7-8,10-11,20H,4-6,9H2,1-3H3,(H2,15,17,19)/t10-,14+/m0/s1. The molecule has 1 saturated carbocycles. The lowest BCUT2D eigenvalue weighted by atomic mass is 10.00. The fourth-order valence-corrected chi connectivity index (χ4v) is 2.24. The maximum atomic E-state index is 11.8. The zero-order valence-electron chi connectivity index (χ0n) is 12.4. The summed E-state index contributed by atoms with van der Waals surface area (Å²) in [5, 5.41) is 20.0. The summed E-state index contributed by atoms with van der Waals surface area (Å²) in [6.07, 6.45) is 6.95. The summed E-state index contributed by atoms with van der Waals surface area (Å²) in [6, 6.07) is -0.0619. The molecule has 20 heavy (non-hydrogen) atoms. The Morgan fingerprint density at radius 2 is 2.35 bits per heavy atom. The van der Waals surface area contributed by atoms with E-state index in [2.05, 4.69) is 15.7 Å². The molecule has 1 aliphatic rings. The van der Waals surface area contributed by atoms with Crippen molar-refractivity contribution < 1.29 is 9.90 Å². The number of nitrogens with one attached hydrogen (secondary N) is 2. The molecule has 0 unspecified atom stereocenters. The number of carbonyl (C=O) groups excluding carboxylic acids is 1. The Labute approximate surface area is 119 Å². The van der Waals surface area contributed by atoms with Gasteiger partial charge in [0.2, 0.25) is 0 Å². The van der Waals surface area contributed by atoms with E-state index in [1.165, 1.54) is 12.8 Å². The van der Waals surface area contributed by atoms with E-state index < -0.39 is 5.60 Å². The monoisotopic (exact) mass is 280 g/mol. The van der Waals surface area contributed by atoms with Gasteiger partial charge in [-0.2, -0.15) is 5.10 Å². The van der Waals surface area contributed by atoms with Crippen LogP contribution in [0, 0.1) is 5.92 Å². The van der Waals surface area contributed by atoms with Crippen LogP contribution in [-0.2, 0) is 12.6 Å². The summed E-state index contributed by atoms with van der Waals surface area (Å²) in [7, 11) is 1.79. The van der Waals surface area contributed by atoms with E-state index in [0.29, 0.717) is 5.56 Å². The first-order valence-corrected chi connectivity index (χ1v) is 7.12. The molecule has 0 radical (unpaired) electrons. The van der Waals surface area contributed by atoms with Gasteiger partial charge in [0.15, 0.2) is 0 Å². The normalized spacial score (nSPS) is 19.2. The minimum absolute atomic E-state index is 0.153. The van der Waals surface area contributed by atoms with Crippen LogP contribution in [0.3, 0.4) is 0 Å². The number of carbonyl (C=O) groups is 1. The van der Waals surface area contributed by atoms with Crippen molar-refractivity contribution in [2.45, 2.75) is 44.8 Å². The highest BCUT2D eigenvalue weighted by Gasteiger charge is 2.27. The van der Waals surface area contributed by atoms with Crippen molar-refractivity contribution in [3.05, 3.63) is 18.0 Å². The van der Waals surface area contributed by atoms with E-state index in [4.69, 9.17) is 0 Å². The molecule has 2 amide bonds. The van der Waals surface area contributed by atoms with Gasteiger partial charge >= 0.3 is 6.03 Å². The second-order valence-electron chi connectivity index (χ2n) is 6.08. The summed E-state index contributed by atoms with van der Waals surface area (Å²) in [5.74, 6) is 0.781. The quantitative estimate of drug-likeness (QED) is 0.730. The van der Waals surface area contributed by atoms with Crippen LogP contribution in [0.2, 0.25) is 0 Å². The van der Waals surface area contributed by atoms with Gasteiger partial charge in [0.1, 0.15) is 5.60 Å². The highest BCUT2D eigenvalue weighted by atomic mass is 16.3. The molecular formula is C14H24N4O2. The van der Waals surface area contributed by atoms with Crippen LogP contribution >= 0.6 is 0 Å². The lowest BCUT2D eigenvalue weighted by Crippen LogP contribution is -2.46. The lowest BCUT2D eigenvalue weighted by molar-refractivity contribution is 0.0592. The molecule has 0 aliphatic heterocycles. The van der Waals surface area contributed by atoms with E-state index in [-0.39, 0.29) is 18.6 Å². The molecule has 1 aliphatic carbocycles. The number of hydrogen-bond donors (Lipinski definition) is 3. The van der Waals surface area contributed by atoms with Crippen LogP contribution in [0.15, 0.2) is 12.4 Å². The van der Waals surface area contributed by atoms with E-state index in [0.717, 1.165) is 12.3 Å². The van der Waals surface area contributed by atoms with Crippen LogP contribution < -0.4 is 10.6 Å². The molecule has 6 nitrogen and oxygen atoms in total. The van der Waals surface area contributed by atoms with Crippen molar-refractivity contribution in [3.63, 3.8) is 0 Å². The Morgan fingerprint density at radius 1 is 1.65 bits per heavy atom. The number of hydrogen-bond acceptors (Lipinski definition) is 3. The number of aliphatic hydroxyl groups is 1. The SMILES string of the molecule is C[C@@H](CC1CC1)NC(=O)NC[C@@](C)(O)c1cnn(C)c1. The van der Waals surface area contributed by atoms with Crippen LogP contribution in [0.25, 0.3) is 0 Å². The molecule has 3 N–H and O–H groups in total. The molecular weight excluding hydrogens is 256 g/mol. The Hall–Kier alpha value is -1.56. The van der Waals surface area contributed by atoms with Gasteiger partial charge in [-0.3, -0.25) is 4.68 Å². The Kier molecular flexibility index (Phi) is 4.32. The Bertz CT molecular complexity index is 465. The van der Waals surface area contributed by atoms with Gasteiger partial charge in [0.05, 0.1) is 12.7 Å². The summed E-state index contributed by atoms with van der Waals surface area (Å²) in [5.41, 5.74) is -0.433. The number of rotatable bonds is 6. The number of nitrogens with zero attached hydrogens (tertiary/aromatic N) is 2. The van der Waals surface area contributed by atoms with Crippen molar-refractivity contribution in [1.29, 1.82) is 0 Å². The van der Waals surface area contributed by atoms with Gasteiger partial charge in [-0.1, -0.05) is 12.8 Å². The zero-order valence-corrected chi connectivity index (χ0v) is 12.4. The maximum Gasteiger partial charge on any atom is 0.315 e. The van der Waals surface area contributed by atoms with Gasteiger partial charge in [0, 0.05) is 24.8 Å². The van der Waals surface area contributed by atoms with Crippen molar-refractivity contribution in [1.82, 2.24) is 20.4 Å². The molecule has 1 fully saturated rings. The number of urea groups is 1. The van der Waals surface area contributed by atoms with Crippen molar-refractivity contribution in [3.8, 4) is 0 Å². The summed E-state index contributed by atoms with van der Waals surface area (Å²) in [6.45, 7) is 3.83. The molecule has 112 valence electrons. The van der Waals surface area contributed by atoms with Crippen LogP contribution in [0.4, 0.5) is 4.79 Å². The van der Waals surface area contributed by atoms with Gasteiger partial charge < -0.3 is 15.7 Å². The molecule has 0 aromatic carbocycles. The first-order valence-electron chi connectivity index (χ1n) is 7.12. The molecule has 1 heterocycles. The molecule has 0 bridgehead atoms. The molecule has 1 aromatic rings. The average Bonchev–Trinajstić information content (AvgIpc) is 3.05. The smallest absolute Gasteiger partial charge is 0.315 e. The molecule has 1 aromatic heterocycles. The van der Waals surface area contributed by atoms with Gasteiger partial charge in [0.25, 0.3) is 0 Å². The first kappa shape index (κ1) is 14.8. The van der Waals surface area contributed by atoms with E-state index in [9.17, 15) is 9.90 Å². The van der Waals surface area contributed by atoms with Gasteiger partial charge in [-0.25, -0.2) is 4.79 Å². The Balaban J connectivity index is 1.76. The van der Waals surface area contributed by atoms with Gasteiger partial charge in [-0.15, -0.1) is 0 Å². The third-order valence-corrected chi connectivity index (χ3v) is 3.68. The van der Waals surface area contributed by atoms with Crippen LogP contribution in [0.1, 0.15) is 38.7 Å². The number of aryl methyl sites for hydroxylation is 1. The summed E-state index contributed by atoms with van der Waals surface area (Å²) < 4.78 is 1.63. The van der Waals surface area contributed by atoms with Crippen LogP contribution in [0.5, 0.6) is 0 Å². The van der Waals surface area contributed by atoms with Crippen molar-refractivity contribution in [2.24, 2.45) is 13.0 Å². The fourth-order valence-electron chi connectivity index (χ4n) is 2.24. The number of amides is 2. The summed E-state index contributed by atoms with van der Waals surface area (Å²) >= 11 is 0. The second kappa shape index (κ2) is 5.83. The topological polar surface area (TPSA) is 79.2 Å².